The Bertz CT molecular complexity index is 976. The molecule has 3 aromatic rings. The van der Waals surface area contributed by atoms with Gasteiger partial charge in [0.2, 0.25) is 0 Å². The minimum absolute atomic E-state index is 0.249. The quantitative estimate of drug-likeness (QED) is 0.329. The van der Waals surface area contributed by atoms with Crippen molar-refractivity contribution in [1.82, 2.24) is 0 Å². The zero-order valence-corrected chi connectivity index (χ0v) is 17.8. The second-order valence-corrected chi connectivity index (χ2v) is 9.00. The first-order valence-electron chi connectivity index (χ1n) is 10.8. The zero-order chi connectivity index (χ0) is 20.2. The van der Waals surface area contributed by atoms with E-state index in [4.69, 9.17) is 9.47 Å². The molecule has 29 heavy (non-hydrogen) atoms. The van der Waals surface area contributed by atoms with Gasteiger partial charge in [-0.05, 0) is 49.4 Å². The van der Waals surface area contributed by atoms with Crippen LogP contribution < -0.4 is 9.47 Å². The summed E-state index contributed by atoms with van der Waals surface area (Å²) in [6.07, 6.45) is 9.07. The van der Waals surface area contributed by atoms with Crippen LogP contribution in [0.4, 0.5) is 8.78 Å². The molecule has 0 radical (unpaired) electrons. The van der Waals surface area contributed by atoms with Crippen molar-refractivity contribution in [2.24, 2.45) is 5.92 Å². The predicted molar refractivity (Wildman–Crippen MR) is 116 cm³/mol. The predicted octanol–water partition coefficient (Wildman–Crippen LogP) is 7.86. The average Bonchev–Trinajstić information content (AvgIpc) is 3.37. The van der Waals surface area contributed by atoms with E-state index in [0.29, 0.717) is 28.5 Å². The van der Waals surface area contributed by atoms with Crippen LogP contribution in [0.3, 0.4) is 0 Å². The van der Waals surface area contributed by atoms with Crippen LogP contribution in [0.15, 0.2) is 24.3 Å². The lowest BCUT2D eigenvalue weighted by atomic mass is 10.1. The van der Waals surface area contributed by atoms with Crippen molar-refractivity contribution in [1.29, 1.82) is 0 Å². The average molecular weight is 419 g/mol. The number of benzene rings is 2. The monoisotopic (exact) mass is 418 g/mol. The molecule has 0 N–H and O–H groups in total. The van der Waals surface area contributed by atoms with Crippen molar-refractivity contribution in [3.63, 3.8) is 0 Å². The third-order valence-corrected chi connectivity index (χ3v) is 7.03. The highest BCUT2D eigenvalue weighted by Crippen LogP contribution is 2.42. The Balaban J connectivity index is 1.56. The zero-order valence-electron chi connectivity index (χ0n) is 16.9. The normalized spacial score (nSPS) is 14.9. The van der Waals surface area contributed by atoms with Crippen LogP contribution in [0.25, 0.3) is 20.2 Å². The summed E-state index contributed by atoms with van der Waals surface area (Å²) in [7, 11) is 0. The molecule has 0 saturated heterocycles. The van der Waals surface area contributed by atoms with Crippen LogP contribution in [0.5, 0.6) is 11.5 Å². The molecule has 0 aliphatic heterocycles. The molecule has 4 rings (SSSR count). The number of unbranched alkanes of at least 4 members (excludes halogenated alkanes) is 3. The molecule has 2 nitrogen and oxygen atoms in total. The molecule has 2 aromatic carbocycles. The maximum atomic E-state index is 15.1. The van der Waals surface area contributed by atoms with Crippen LogP contribution in [-0.4, -0.2) is 13.2 Å². The van der Waals surface area contributed by atoms with Gasteiger partial charge >= 0.3 is 0 Å². The van der Waals surface area contributed by atoms with Gasteiger partial charge < -0.3 is 9.47 Å². The van der Waals surface area contributed by atoms with Gasteiger partial charge in [-0.1, -0.05) is 39.0 Å². The fourth-order valence-electron chi connectivity index (χ4n) is 4.12. The number of thiophene rings is 1. The van der Waals surface area contributed by atoms with Gasteiger partial charge in [-0.3, -0.25) is 0 Å². The first-order valence-corrected chi connectivity index (χ1v) is 11.6. The molecule has 1 saturated carbocycles. The summed E-state index contributed by atoms with van der Waals surface area (Å²) in [5, 5.41) is 1.45. The van der Waals surface area contributed by atoms with Crippen LogP contribution in [0, 0.1) is 17.6 Å². The van der Waals surface area contributed by atoms with Gasteiger partial charge in [0.1, 0.15) is 0 Å². The molecule has 0 atom stereocenters. The molecule has 1 aromatic heterocycles. The lowest BCUT2D eigenvalue weighted by Gasteiger charge is -2.12. The Labute approximate surface area is 174 Å². The minimum Gasteiger partial charge on any atom is -0.490 e. The second kappa shape index (κ2) is 9.29. The molecule has 0 bridgehead atoms. The Kier molecular flexibility index (Phi) is 6.53. The smallest absolute Gasteiger partial charge is 0.182 e. The van der Waals surface area contributed by atoms with Crippen LogP contribution >= 0.6 is 11.3 Å². The highest BCUT2D eigenvalue weighted by atomic mass is 32.1. The fraction of sp³-hybridized carbons (Fsp3) is 0.500. The summed E-state index contributed by atoms with van der Waals surface area (Å²) in [5.41, 5.74) is 0. The van der Waals surface area contributed by atoms with E-state index in [2.05, 4.69) is 6.92 Å². The SMILES string of the molecule is CCCCCCOc1ccc2c(sc3c(F)c(OCC4CCCC4)ccc32)c1F. The van der Waals surface area contributed by atoms with Gasteiger partial charge in [0.15, 0.2) is 23.1 Å². The summed E-state index contributed by atoms with van der Waals surface area (Å²) in [6, 6.07) is 7.00. The minimum atomic E-state index is -0.396. The first kappa shape index (κ1) is 20.4. The highest BCUT2D eigenvalue weighted by Gasteiger charge is 2.20. The lowest BCUT2D eigenvalue weighted by molar-refractivity contribution is 0.243. The van der Waals surface area contributed by atoms with Gasteiger partial charge in [-0.2, -0.15) is 0 Å². The van der Waals surface area contributed by atoms with E-state index in [1.807, 2.05) is 12.1 Å². The maximum absolute atomic E-state index is 15.1. The molecule has 0 unspecified atom stereocenters. The summed E-state index contributed by atoms with van der Waals surface area (Å²) in [4.78, 5) is 0. The standard InChI is InChI=1S/C24H28F2O2S/c1-2-3-4-7-14-27-19-12-10-17-18-11-13-20(28-15-16-8-5-6-9-16)22(26)24(18)29-23(17)21(19)25/h10-13,16H,2-9,14-15H2,1H3. The topological polar surface area (TPSA) is 18.5 Å². The number of halogens is 2. The molecule has 1 aliphatic rings. The Morgan fingerprint density at radius 1 is 0.862 bits per heavy atom. The van der Waals surface area contributed by atoms with Gasteiger partial charge in [0, 0.05) is 10.8 Å². The molecule has 1 fully saturated rings. The Morgan fingerprint density at radius 2 is 1.48 bits per heavy atom. The van der Waals surface area contributed by atoms with Crippen molar-refractivity contribution >= 4 is 31.5 Å². The van der Waals surface area contributed by atoms with E-state index < -0.39 is 5.82 Å². The highest BCUT2D eigenvalue weighted by molar-refractivity contribution is 7.25. The second-order valence-electron chi connectivity index (χ2n) is 7.98. The van der Waals surface area contributed by atoms with Crippen molar-refractivity contribution in [3.05, 3.63) is 35.9 Å². The maximum Gasteiger partial charge on any atom is 0.182 e. The molecule has 0 amide bonds. The van der Waals surface area contributed by atoms with Gasteiger partial charge in [0.05, 0.1) is 22.6 Å². The number of hydrogen-bond donors (Lipinski definition) is 0. The van der Waals surface area contributed by atoms with Crippen molar-refractivity contribution in [3.8, 4) is 11.5 Å². The first-order chi connectivity index (χ1) is 14.2. The number of ether oxygens (including phenoxy) is 2. The third kappa shape index (κ3) is 4.35. The molecule has 0 spiro atoms. The third-order valence-electron chi connectivity index (χ3n) is 5.82. The van der Waals surface area contributed by atoms with E-state index in [9.17, 15) is 4.39 Å². The van der Waals surface area contributed by atoms with Crippen molar-refractivity contribution < 1.29 is 18.3 Å². The van der Waals surface area contributed by atoms with E-state index in [1.165, 1.54) is 12.8 Å². The van der Waals surface area contributed by atoms with Crippen LogP contribution in [0.2, 0.25) is 0 Å². The van der Waals surface area contributed by atoms with Gasteiger partial charge in [-0.15, -0.1) is 11.3 Å². The molecular formula is C24H28F2O2S. The van der Waals surface area contributed by atoms with E-state index in [-0.39, 0.29) is 17.3 Å². The Hall–Kier alpha value is -1.88. The lowest BCUT2D eigenvalue weighted by Crippen LogP contribution is -2.08. The number of rotatable bonds is 9. The Morgan fingerprint density at radius 3 is 2.10 bits per heavy atom. The van der Waals surface area contributed by atoms with Crippen molar-refractivity contribution in [2.45, 2.75) is 58.3 Å². The summed E-state index contributed by atoms with van der Waals surface area (Å²) < 4.78 is 42.4. The molecular weight excluding hydrogens is 390 g/mol. The van der Waals surface area contributed by atoms with Crippen molar-refractivity contribution in [2.75, 3.05) is 13.2 Å². The van der Waals surface area contributed by atoms with Gasteiger partial charge in [0.25, 0.3) is 0 Å². The fourth-order valence-corrected chi connectivity index (χ4v) is 5.28. The van der Waals surface area contributed by atoms with E-state index >= 15 is 4.39 Å². The molecule has 1 heterocycles. The molecule has 5 heteroatoms. The van der Waals surface area contributed by atoms with Crippen LogP contribution in [-0.2, 0) is 0 Å². The molecule has 156 valence electrons. The van der Waals surface area contributed by atoms with Crippen LogP contribution in [0.1, 0.15) is 58.3 Å². The molecule has 1 aliphatic carbocycles. The summed E-state index contributed by atoms with van der Waals surface area (Å²) >= 11 is 1.14. The van der Waals surface area contributed by atoms with E-state index in [0.717, 1.165) is 60.6 Å². The summed E-state index contributed by atoms with van der Waals surface area (Å²) in [5.74, 6) is 0.250. The van der Waals surface area contributed by atoms with Gasteiger partial charge in [-0.25, -0.2) is 8.78 Å². The largest absolute Gasteiger partial charge is 0.490 e. The summed E-state index contributed by atoms with van der Waals surface area (Å²) in [6.45, 7) is 3.21. The number of fused-ring (bicyclic) bond motifs is 3. The number of hydrogen-bond acceptors (Lipinski definition) is 3. The van der Waals surface area contributed by atoms with E-state index in [1.54, 1.807) is 12.1 Å².